The molecule has 0 aliphatic carbocycles. The van der Waals surface area contributed by atoms with Gasteiger partial charge in [0.2, 0.25) is 0 Å². The van der Waals surface area contributed by atoms with E-state index in [2.05, 4.69) is 30.5 Å². The van der Waals surface area contributed by atoms with Gasteiger partial charge in [-0.05, 0) is 13.3 Å². The summed E-state index contributed by atoms with van der Waals surface area (Å²) in [5.74, 6) is 0. The van der Waals surface area contributed by atoms with Crippen LogP contribution in [0.5, 0.6) is 0 Å². The largest absolute Gasteiger partial charge is 0.385 e. The number of nitrogens with one attached hydrogen (secondary N) is 1. The third kappa shape index (κ3) is 6.71. The number of aromatic nitrogens is 2. The van der Waals surface area contributed by atoms with Gasteiger partial charge in [0, 0.05) is 44.7 Å². The van der Waals surface area contributed by atoms with Crippen LogP contribution in [0.3, 0.4) is 0 Å². The highest BCUT2D eigenvalue weighted by molar-refractivity contribution is 5.15. The van der Waals surface area contributed by atoms with E-state index in [1.807, 2.05) is 11.6 Å². The van der Waals surface area contributed by atoms with Gasteiger partial charge in [0.15, 0.2) is 0 Å². The van der Waals surface area contributed by atoms with Crippen molar-refractivity contribution in [3.63, 3.8) is 0 Å². The summed E-state index contributed by atoms with van der Waals surface area (Å²) < 4.78 is 12.5. The predicted molar refractivity (Wildman–Crippen MR) is 76.3 cm³/mol. The molecular weight excluding hydrogens is 242 g/mol. The Kier molecular flexibility index (Phi) is 7.70. The molecule has 0 fully saturated rings. The standard InChI is InChI=1S/C14H27N3O2/c1-12(2)15-10-14-11-17(16-13(14)3)6-9-19-8-5-7-18-4/h11-12,15H,5-10H2,1-4H3. The minimum atomic E-state index is 0.492. The van der Waals surface area contributed by atoms with Gasteiger partial charge in [0.05, 0.1) is 18.8 Å². The summed E-state index contributed by atoms with van der Waals surface area (Å²) >= 11 is 0. The van der Waals surface area contributed by atoms with Crippen molar-refractivity contribution >= 4 is 0 Å². The fraction of sp³-hybridized carbons (Fsp3) is 0.786. The fourth-order valence-corrected chi connectivity index (χ4v) is 1.73. The molecule has 5 heteroatoms. The lowest BCUT2D eigenvalue weighted by Crippen LogP contribution is -2.21. The lowest BCUT2D eigenvalue weighted by atomic mass is 10.2. The van der Waals surface area contributed by atoms with Crippen LogP contribution in [0.1, 0.15) is 31.5 Å². The molecule has 0 radical (unpaired) electrons. The van der Waals surface area contributed by atoms with Gasteiger partial charge >= 0.3 is 0 Å². The molecule has 5 nitrogen and oxygen atoms in total. The Morgan fingerprint density at radius 2 is 2.11 bits per heavy atom. The monoisotopic (exact) mass is 269 g/mol. The number of nitrogens with zero attached hydrogens (tertiary/aromatic N) is 2. The van der Waals surface area contributed by atoms with E-state index in [0.717, 1.165) is 38.4 Å². The number of hydrogen-bond donors (Lipinski definition) is 1. The fourth-order valence-electron chi connectivity index (χ4n) is 1.73. The van der Waals surface area contributed by atoms with Gasteiger partial charge < -0.3 is 14.8 Å². The van der Waals surface area contributed by atoms with Crippen LogP contribution in [-0.4, -0.2) is 42.8 Å². The van der Waals surface area contributed by atoms with Crippen molar-refractivity contribution in [3.05, 3.63) is 17.5 Å². The lowest BCUT2D eigenvalue weighted by Gasteiger charge is -2.06. The van der Waals surface area contributed by atoms with Gasteiger partial charge in [0.1, 0.15) is 0 Å². The van der Waals surface area contributed by atoms with Crippen LogP contribution in [0, 0.1) is 6.92 Å². The van der Waals surface area contributed by atoms with Gasteiger partial charge in [-0.1, -0.05) is 13.8 Å². The van der Waals surface area contributed by atoms with Crippen LogP contribution in [0.15, 0.2) is 6.20 Å². The minimum Gasteiger partial charge on any atom is -0.385 e. The molecule has 110 valence electrons. The molecule has 0 amide bonds. The molecule has 0 aliphatic rings. The quantitative estimate of drug-likeness (QED) is 0.657. The summed E-state index contributed by atoms with van der Waals surface area (Å²) in [6, 6.07) is 0.492. The molecule has 0 aliphatic heterocycles. The molecule has 0 saturated heterocycles. The van der Waals surface area contributed by atoms with Crippen molar-refractivity contribution < 1.29 is 9.47 Å². The smallest absolute Gasteiger partial charge is 0.0662 e. The number of aryl methyl sites for hydroxylation is 1. The van der Waals surface area contributed by atoms with E-state index in [-0.39, 0.29) is 0 Å². The molecule has 1 aromatic heterocycles. The van der Waals surface area contributed by atoms with E-state index in [1.54, 1.807) is 7.11 Å². The predicted octanol–water partition coefficient (Wildman–Crippen LogP) is 1.74. The van der Waals surface area contributed by atoms with Crippen LogP contribution in [-0.2, 0) is 22.6 Å². The van der Waals surface area contributed by atoms with Gasteiger partial charge in [-0.2, -0.15) is 5.10 Å². The number of rotatable bonds is 10. The Morgan fingerprint density at radius 1 is 1.32 bits per heavy atom. The van der Waals surface area contributed by atoms with Crippen LogP contribution >= 0.6 is 0 Å². The van der Waals surface area contributed by atoms with Gasteiger partial charge in [-0.3, -0.25) is 4.68 Å². The van der Waals surface area contributed by atoms with Crippen molar-refractivity contribution in [2.45, 2.75) is 46.3 Å². The first kappa shape index (κ1) is 16.1. The Hall–Kier alpha value is -0.910. The van der Waals surface area contributed by atoms with E-state index >= 15 is 0 Å². The molecule has 0 bridgehead atoms. The lowest BCUT2D eigenvalue weighted by molar-refractivity contribution is 0.0961. The zero-order chi connectivity index (χ0) is 14.1. The third-order valence-corrected chi connectivity index (χ3v) is 2.85. The summed E-state index contributed by atoms with van der Waals surface area (Å²) in [4.78, 5) is 0. The highest BCUT2D eigenvalue weighted by Crippen LogP contribution is 2.05. The molecule has 0 aromatic carbocycles. The van der Waals surface area contributed by atoms with Crippen LogP contribution in [0.25, 0.3) is 0 Å². The second-order valence-corrected chi connectivity index (χ2v) is 5.00. The molecule has 0 spiro atoms. The summed E-state index contributed by atoms with van der Waals surface area (Å²) in [7, 11) is 1.71. The maximum atomic E-state index is 5.53. The SMILES string of the molecule is COCCCOCCn1cc(CNC(C)C)c(C)n1. The van der Waals surface area contributed by atoms with Crippen LogP contribution in [0.4, 0.5) is 0 Å². The number of hydrogen-bond acceptors (Lipinski definition) is 4. The third-order valence-electron chi connectivity index (χ3n) is 2.85. The highest BCUT2D eigenvalue weighted by atomic mass is 16.5. The highest BCUT2D eigenvalue weighted by Gasteiger charge is 2.05. The topological polar surface area (TPSA) is 48.3 Å². The number of ether oxygens (including phenoxy) is 2. The zero-order valence-corrected chi connectivity index (χ0v) is 12.6. The first-order valence-electron chi connectivity index (χ1n) is 6.96. The molecule has 0 saturated carbocycles. The van der Waals surface area contributed by atoms with Crippen molar-refractivity contribution in [1.82, 2.24) is 15.1 Å². The molecule has 1 N–H and O–H groups in total. The van der Waals surface area contributed by atoms with Crippen molar-refractivity contribution in [2.75, 3.05) is 26.9 Å². The van der Waals surface area contributed by atoms with Gasteiger partial charge in [-0.15, -0.1) is 0 Å². The van der Waals surface area contributed by atoms with E-state index in [0.29, 0.717) is 12.6 Å². The van der Waals surface area contributed by atoms with Gasteiger partial charge in [-0.25, -0.2) is 0 Å². The maximum Gasteiger partial charge on any atom is 0.0662 e. The molecular formula is C14H27N3O2. The average molecular weight is 269 g/mol. The second kappa shape index (κ2) is 9.07. The summed E-state index contributed by atoms with van der Waals surface area (Å²) in [5.41, 5.74) is 2.35. The zero-order valence-electron chi connectivity index (χ0n) is 12.6. The Balaban J connectivity index is 2.25. The summed E-state index contributed by atoms with van der Waals surface area (Å²) in [6.07, 6.45) is 3.04. The van der Waals surface area contributed by atoms with Gasteiger partial charge in [0.25, 0.3) is 0 Å². The molecule has 0 unspecified atom stereocenters. The van der Waals surface area contributed by atoms with Crippen molar-refractivity contribution in [3.8, 4) is 0 Å². The first-order valence-corrected chi connectivity index (χ1v) is 6.96. The maximum absolute atomic E-state index is 5.53. The Morgan fingerprint density at radius 3 is 2.79 bits per heavy atom. The molecule has 1 rings (SSSR count). The first-order chi connectivity index (χ1) is 9.13. The molecule has 19 heavy (non-hydrogen) atoms. The summed E-state index contributed by atoms with van der Waals surface area (Å²) in [6.45, 7) is 10.2. The molecule has 1 aromatic rings. The van der Waals surface area contributed by atoms with E-state index in [1.165, 1.54) is 5.56 Å². The van der Waals surface area contributed by atoms with E-state index in [9.17, 15) is 0 Å². The summed E-state index contributed by atoms with van der Waals surface area (Å²) in [5, 5.41) is 7.90. The van der Waals surface area contributed by atoms with E-state index < -0.39 is 0 Å². The average Bonchev–Trinajstić information content (AvgIpc) is 2.72. The Labute approximate surface area is 116 Å². The minimum absolute atomic E-state index is 0.492. The van der Waals surface area contributed by atoms with Crippen molar-refractivity contribution in [2.24, 2.45) is 0 Å². The number of methoxy groups -OCH3 is 1. The van der Waals surface area contributed by atoms with Crippen molar-refractivity contribution in [1.29, 1.82) is 0 Å². The Bertz CT molecular complexity index is 350. The normalized spacial score (nSPS) is 11.4. The van der Waals surface area contributed by atoms with Crippen LogP contribution < -0.4 is 5.32 Å². The second-order valence-electron chi connectivity index (χ2n) is 5.00. The molecule has 0 atom stereocenters. The van der Waals surface area contributed by atoms with Crippen LogP contribution in [0.2, 0.25) is 0 Å². The van der Waals surface area contributed by atoms with E-state index in [4.69, 9.17) is 9.47 Å². The molecule has 1 heterocycles.